The lowest BCUT2D eigenvalue weighted by atomic mass is 9.82. The Hall–Kier alpha value is -1.11. The summed E-state index contributed by atoms with van der Waals surface area (Å²) in [7, 11) is 0. The van der Waals surface area contributed by atoms with Crippen LogP contribution in [0.3, 0.4) is 0 Å². The Balaban J connectivity index is 2.15. The van der Waals surface area contributed by atoms with Gasteiger partial charge >= 0.3 is 0 Å². The molecule has 1 atom stereocenters. The molecule has 1 heterocycles. The molecule has 1 unspecified atom stereocenters. The van der Waals surface area contributed by atoms with E-state index in [9.17, 15) is 0 Å². The topological polar surface area (TPSA) is 12.4 Å². The Bertz CT molecular complexity index is 365. The second-order valence-corrected chi connectivity index (χ2v) is 3.95. The van der Waals surface area contributed by atoms with E-state index in [1.165, 1.54) is 36.1 Å². The molecule has 1 aromatic carbocycles. The van der Waals surface area contributed by atoms with Crippen LogP contribution in [0.15, 0.2) is 29.3 Å². The second-order valence-electron chi connectivity index (χ2n) is 3.95. The van der Waals surface area contributed by atoms with E-state index in [2.05, 4.69) is 29.3 Å². The molecule has 0 spiro atoms. The summed E-state index contributed by atoms with van der Waals surface area (Å²) >= 11 is 0. The van der Waals surface area contributed by atoms with E-state index in [-0.39, 0.29) is 0 Å². The predicted octanol–water partition coefficient (Wildman–Crippen LogP) is 2.44. The van der Waals surface area contributed by atoms with Gasteiger partial charge in [-0.2, -0.15) is 0 Å². The van der Waals surface area contributed by atoms with Crippen LogP contribution in [0.25, 0.3) is 0 Å². The van der Waals surface area contributed by atoms with Gasteiger partial charge in [-0.1, -0.05) is 24.3 Å². The van der Waals surface area contributed by atoms with E-state index in [0.29, 0.717) is 0 Å². The molecule has 0 fully saturated rings. The van der Waals surface area contributed by atoms with Gasteiger partial charge in [0.05, 0.1) is 0 Å². The van der Waals surface area contributed by atoms with Crippen LogP contribution in [0, 0.1) is 5.92 Å². The lowest BCUT2D eigenvalue weighted by molar-refractivity contribution is 0.606. The van der Waals surface area contributed by atoms with Crippen molar-refractivity contribution in [3.63, 3.8) is 0 Å². The van der Waals surface area contributed by atoms with Crippen LogP contribution in [-0.4, -0.2) is 12.3 Å². The summed E-state index contributed by atoms with van der Waals surface area (Å²) in [6.45, 7) is 1.05. The fraction of sp³-hybridized carbons (Fsp3) is 0.417. The molecule has 0 saturated carbocycles. The van der Waals surface area contributed by atoms with Crippen molar-refractivity contribution in [3.8, 4) is 0 Å². The standard InChI is InChI=1S/C12H13N/c1-2-4-11-9(3-1)5-6-10-7-8-13-12(10)11/h1-4,10H,5-8H2. The van der Waals surface area contributed by atoms with Gasteiger partial charge < -0.3 is 0 Å². The summed E-state index contributed by atoms with van der Waals surface area (Å²) in [6.07, 6.45) is 3.85. The van der Waals surface area contributed by atoms with Gasteiger partial charge in [-0.15, -0.1) is 0 Å². The average molecular weight is 171 g/mol. The number of aliphatic imine (C=N–C) groups is 1. The van der Waals surface area contributed by atoms with E-state index in [0.717, 1.165) is 12.5 Å². The smallest absolute Gasteiger partial charge is 0.0455 e. The van der Waals surface area contributed by atoms with Crippen LogP contribution in [0.2, 0.25) is 0 Å². The predicted molar refractivity (Wildman–Crippen MR) is 54.3 cm³/mol. The largest absolute Gasteiger partial charge is 0.289 e. The molecular formula is C12H13N. The Morgan fingerprint density at radius 2 is 2.08 bits per heavy atom. The van der Waals surface area contributed by atoms with Gasteiger partial charge in [-0.3, -0.25) is 4.99 Å². The van der Waals surface area contributed by atoms with Gasteiger partial charge in [-0.05, 0) is 30.4 Å². The van der Waals surface area contributed by atoms with Crippen LogP contribution in [0.5, 0.6) is 0 Å². The van der Waals surface area contributed by atoms with Gasteiger partial charge in [0.25, 0.3) is 0 Å². The van der Waals surface area contributed by atoms with Crippen LogP contribution >= 0.6 is 0 Å². The van der Waals surface area contributed by atoms with E-state index in [1.54, 1.807) is 0 Å². The van der Waals surface area contributed by atoms with Crippen molar-refractivity contribution in [3.05, 3.63) is 35.4 Å². The van der Waals surface area contributed by atoms with Gasteiger partial charge in [0.2, 0.25) is 0 Å². The number of rotatable bonds is 0. The van der Waals surface area contributed by atoms with Crippen LogP contribution < -0.4 is 0 Å². The zero-order chi connectivity index (χ0) is 8.67. The highest BCUT2D eigenvalue weighted by Crippen LogP contribution is 2.31. The first kappa shape index (κ1) is 7.31. The van der Waals surface area contributed by atoms with E-state index >= 15 is 0 Å². The molecule has 3 rings (SSSR count). The molecule has 0 bridgehead atoms. The summed E-state index contributed by atoms with van der Waals surface area (Å²) in [5.41, 5.74) is 4.32. The van der Waals surface area contributed by atoms with Crippen LogP contribution in [-0.2, 0) is 6.42 Å². The first-order valence-corrected chi connectivity index (χ1v) is 5.08. The Labute approximate surface area is 78.5 Å². The first-order valence-electron chi connectivity index (χ1n) is 5.08. The van der Waals surface area contributed by atoms with Crippen molar-refractivity contribution in [1.82, 2.24) is 0 Å². The zero-order valence-electron chi connectivity index (χ0n) is 7.66. The summed E-state index contributed by atoms with van der Waals surface area (Å²) in [5, 5.41) is 0. The maximum absolute atomic E-state index is 4.62. The number of aryl methyl sites for hydroxylation is 1. The van der Waals surface area contributed by atoms with Crippen LogP contribution in [0.4, 0.5) is 0 Å². The first-order chi connectivity index (χ1) is 6.45. The van der Waals surface area contributed by atoms with E-state index in [4.69, 9.17) is 0 Å². The summed E-state index contributed by atoms with van der Waals surface area (Å²) in [5.74, 6) is 0.773. The molecule has 1 heteroatoms. The van der Waals surface area contributed by atoms with Crippen molar-refractivity contribution in [2.75, 3.05) is 6.54 Å². The van der Waals surface area contributed by atoms with Crippen molar-refractivity contribution in [2.24, 2.45) is 10.9 Å². The molecule has 1 aromatic rings. The summed E-state index contributed by atoms with van der Waals surface area (Å²) in [6, 6.07) is 8.73. The fourth-order valence-corrected chi connectivity index (χ4v) is 2.51. The lowest BCUT2D eigenvalue weighted by Gasteiger charge is -2.21. The molecule has 1 nitrogen and oxygen atoms in total. The number of hydrogen-bond donors (Lipinski definition) is 0. The van der Waals surface area contributed by atoms with E-state index in [1.807, 2.05) is 0 Å². The lowest BCUT2D eigenvalue weighted by Crippen LogP contribution is -2.19. The molecule has 0 N–H and O–H groups in total. The molecule has 13 heavy (non-hydrogen) atoms. The van der Waals surface area contributed by atoms with Crippen molar-refractivity contribution >= 4 is 5.71 Å². The summed E-state index contributed by atoms with van der Waals surface area (Å²) in [4.78, 5) is 4.62. The summed E-state index contributed by atoms with van der Waals surface area (Å²) < 4.78 is 0. The number of nitrogens with zero attached hydrogens (tertiary/aromatic N) is 1. The third-order valence-electron chi connectivity index (χ3n) is 3.20. The number of hydrogen-bond acceptors (Lipinski definition) is 1. The minimum atomic E-state index is 0.773. The molecule has 0 saturated heterocycles. The number of benzene rings is 1. The highest BCUT2D eigenvalue weighted by Gasteiger charge is 2.27. The van der Waals surface area contributed by atoms with Gasteiger partial charge in [0.15, 0.2) is 0 Å². The monoisotopic (exact) mass is 171 g/mol. The van der Waals surface area contributed by atoms with Gasteiger partial charge in [0, 0.05) is 18.2 Å². The van der Waals surface area contributed by atoms with E-state index < -0.39 is 0 Å². The normalized spacial score (nSPS) is 24.9. The van der Waals surface area contributed by atoms with Crippen molar-refractivity contribution in [2.45, 2.75) is 19.3 Å². The quantitative estimate of drug-likeness (QED) is 0.568. The Morgan fingerprint density at radius 1 is 1.15 bits per heavy atom. The molecule has 0 aromatic heterocycles. The second kappa shape index (κ2) is 2.69. The maximum atomic E-state index is 4.62. The third-order valence-corrected chi connectivity index (χ3v) is 3.20. The Kier molecular flexibility index (Phi) is 1.51. The molecule has 1 aliphatic carbocycles. The van der Waals surface area contributed by atoms with Crippen LogP contribution in [0.1, 0.15) is 24.0 Å². The maximum Gasteiger partial charge on any atom is 0.0455 e. The molecule has 0 radical (unpaired) electrons. The van der Waals surface area contributed by atoms with Crippen molar-refractivity contribution < 1.29 is 0 Å². The minimum Gasteiger partial charge on any atom is -0.289 e. The highest BCUT2D eigenvalue weighted by molar-refractivity contribution is 6.05. The molecule has 0 amide bonds. The minimum absolute atomic E-state index is 0.773. The zero-order valence-corrected chi connectivity index (χ0v) is 7.66. The molecule has 2 aliphatic rings. The van der Waals surface area contributed by atoms with Gasteiger partial charge in [0.1, 0.15) is 0 Å². The molecule has 1 aliphatic heterocycles. The average Bonchev–Trinajstić information content (AvgIpc) is 2.65. The highest BCUT2D eigenvalue weighted by atomic mass is 14.8. The van der Waals surface area contributed by atoms with Gasteiger partial charge in [-0.25, -0.2) is 0 Å². The fourth-order valence-electron chi connectivity index (χ4n) is 2.51. The third kappa shape index (κ3) is 1.03. The SMILES string of the molecule is c1ccc2c(c1)CCC1CCN=C21. The molecular weight excluding hydrogens is 158 g/mol. The number of fused-ring (bicyclic) bond motifs is 3. The van der Waals surface area contributed by atoms with Crippen molar-refractivity contribution in [1.29, 1.82) is 0 Å². The molecule has 66 valence electrons. The Morgan fingerprint density at radius 3 is 3.08 bits per heavy atom.